The summed E-state index contributed by atoms with van der Waals surface area (Å²) in [4.78, 5) is 15.3. The number of rotatable bonds is 5. The van der Waals surface area contributed by atoms with E-state index in [4.69, 9.17) is 14.2 Å². The van der Waals surface area contributed by atoms with E-state index in [2.05, 4.69) is 10.2 Å². The molecule has 0 bridgehead atoms. The number of carbonyl (C=O) groups is 1. The number of nitrogens with one attached hydrogen (secondary N) is 1. The zero-order valence-corrected chi connectivity index (χ0v) is 19.1. The smallest absolute Gasteiger partial charge is 0.260 e. The van der Waals surface area contributed by atoms with Crippen LogP contribution in [0.2, 0.25) is 0 Å². The van der Waals surface area contributed by atoms with Gasteiger partial charge in [0.15, 0.2) is 0 Å². The van der Waals surface area contributed by atoms with Crippen molar-refractivity contribution < 1.29 is 23.4 Å². The minimum Gasteiger partial charge on any atom is -0.492 e. The van der Waals surface area contributed by atoms with Crippen LogP contribution in [0, 0.1) is 5.82 Å². The van der Waals surface area contributed by atoms with Crippen LogP contribution < -0.4 is 10.1 Å². The molecule has 3 aromatic carbocycles. The number of ether oxygens (including phenoxy) is 3. The summed E-state index contributed by atoms with van der Waals surface area (Å²) < 4.78 is 32.0. The highest BCUT2D eigenvalue weighted by molar-refractivity contribution is 6.36. The Balaban J connectivity index is 1.36. The minimum atomic E-state index is -0.403. The second-order valence-electron chi connectivity index (χ2n) is 8.81. The molecule has 3 aromatic rings. The number of hydrogen-bond donors (Lipinski definition) is 1. The average Bonchev–Trinajstić information content (AvgIpc) is 3.41. The molecule has 3 aliphatic heterocycles. The van der Waals surface area contributed by atoms with Gasteiger partial charge in [-0.2, -0.15) is 0 Å². The molecule has 1 fully saturated rings. The average molecular weight is 473 g/mol. The van der Waals surface area contributed by atoms with E-state index in [0.29, 0.717) is 29.2 Å². The summed E-state index contributed by atoms with van der Waals surface area (Å²) >= 11 is 0. The van der Waals surface area contributed by atoms with Crippen molar-refractivity contribution in [3.63, 3.8) is 0 Å². The maximum Gasteiger partial charge on any atom is 0.260 e. The maximum absolute atomic E-state index is 14.1. The van der Waals surface area contributed by atoms with Crippen molar-refractivity contribution in [2.75, 3.05) is 44.8 Å². The van der Waals surface area contributed by atoms with E-state index >= 15 is 0 Å². The Hall–Kier alpha value is -3.68. The van der Waals surface area contributed by atoms with Crippen molar-refractivity contribution in [1.82, 2.24) is 4.90 Å². The fraction of sp³-hybridized carbons (Fsp3) is 0.250. The molecule has 0 spiro atoms. The molecule has 6 nitrogen and oxygen atoms in total. The van der Waals surface area contributed by atoms with Gasteiger partial charge in [-0.3, -0.25) is 9.69 Å². The van der Waals surface area contributed by atoms with Crippen LogP contribution in [-0.4, -0.2) is 50.3 Å². The van der Waals surface area contributed by atoms with Crippen molar-refractivity contribution in [1.29, 1.82) is 0 Å². The quantitative estimate of drug-likeness (QED) is 0.555. The lowest BCUT2D eigenvalue weighted by Crippen LogP contribution is -2.38. The van der Waals surface area contributed by atoms with Crippen LogP contribution in [0.3, 0.4) is 0 Å². The SMILES string of the molecule is O=C1Nc2ccc(F)cc2/C1=C1\OC(c2ccccc2)c2cc(OCCN3CCOCC3)ccc21. The molecule has 0 aromatic heterocycles. The first kappa shape index (κ1) is 21.8. The molecule has 0 aliphatic carbocycles. The highest BCUT2D eigenvalue weighted by Crippen LogP contribution is 2.48. The van der Waals surface area contributed by atoms with Crippen molar-refractivity contribution in [3.8, 4) is 5.75 Å². The van der Waals surface area contributed by atoms with Crippen molar-refractivity contribution in [3.05, 3.63) is 94.8 Å². The van der Waals surface area contributed by atoms with Gasteiger partial charge in [0, 0.05) is 42.0 Å². The number of benzene rings is 3. The van der Waals surface area contributed by atoms with E-state index in [1.807, 2.05) is 48.5 Å². The number of carbonyl (C=O) groups excluding carboxylic acids is 1. The molecule has 6 rings (SSSR count). The van der Waals surface area contributed by atoms with Crippen molar-refractivity contribution >= 4 is 22.9 Å². The van der Waals surface area contributed by atoms with Crippen LogP contribution in [0.4, 0.5) is 10.1 Å². The molecule has 1 N–H and O–H groups in total. The molecule has 1 unspecified atom stereocenters. The van der Waals surface area contributed by atoms with E-state index in [1.54, 1.807) is 6.07 Å². The van der Waals surface area contributed by atoms with Crippen molar-refractivity contribution in [2.45, 2.75) is 6.10 Å². The molecule has 3 aliphatic rings. The molecule has 7 heteroatoms. The van der Waals surface area contributed by atoms with Gasteiger partial charge in [-0.25, -0.2) is 4.39 Å². The van der Waals surface area contributed by atoms with Crippen LogP contribution in [0.1, 0.15) is 28.4 Å². The molecule has 0 radical (unpaired) electrons. The van der Waals surface area contributed by atoms with E-state index < -0.39 is 11.9 Å². The minimum absolute atomic E-state index is 0.300. The van der Waals surface area contributed by atoms with Gasteiger partial charge in [-0.15, -0.1) is 0 Å². The summed E-state index contributed by atoms with van der Waals surface area (Å²) in [5, 5.41) is 2.83. The predicted octanol–water partition coefficient (Wildman–Crippen LogP) is 4.48. The first-order valence-electron chi connectivity index (χ1n) is 11.8. The largest absolute Gasteiger partial charge is 0.492 e. The fourth-order valence-electron chi connectivity index (χ4n) is 4.85. The van der Waals surface area contributed by atoms with E-state index in [9.17, 15) is 9.18 Å². The van der Waals surface area contributed by atoms with Crippen LogP contribution in [0.5, 0.6) is 5.75 Å². The Morgan fingerprint density at radius 3 is 2.66 bits per heavy atom. The first-order valence-corrected chi connectivity index (χ1v) is 11.8. The Morgan fingerprint density at radius 2 is 1.83 bits per heavy atom. The molecule has 1 saturated heterocycles. The third-order valence-electron chi connectivity index (χ3n) is 6.62. The number of anilines is 1. The Kier molecular flexibility index (Phi) is 5.72. The standard InChI is InChI=1S/C28H25FN2O4/c29-19-6-9-24-23(16-19)25(28(32)30-24)27-21-8-7-20(34-15-12-31-10-13-33-14-11-31)17-22(21)26(35-27)18-4-2-1-3-5-18/h1-9,16-17,26H,10-15H2,(H,30,32)/b27-25+. The molecular weight excluding hydrogens is 447 g/mol. The van der Waals surface area contributed by atoms with Gasteiger partial charge in [-0.1, -0.05) is 30.3 Å². The third-order valence-corrected chi connectivity index (χ3v) is 6.62. The van der Waals surface area contributed by atoms with Crippen LogP contribution in [0.15, 0.2) is 66.7 Å². The Bertz CT molecular complexity index is 1300. The van der Waals surface area contributed by atoms with Crippen LogP contribution in [-0.2, 0) is 14.3 Å². The van der Waals surface area contributed by atoms with Gasteiger partial charge in [0.25, 0.3) is 5.91 Å². The topological polar surface area (TPSA) is 60.0 Å². The van der Waals surface area contributed by atoms with Gasteiger partial charge in [-0.05, 0) is 42.0 Å². The maximum atomic E-state index is 14.1. The summed E-state index contributed by atoms with van der Waals surface area (Å²) in [6.07, 6.45) is -0.401. The molecule has 1 atom stereocenters. The van der Waals surface area contributed by atoms with Gasteiger partial charge in [0.2, 0.25) is 0 Å². The summed E-state index contributed by atoms with van der Waals surface area (Å²) in [6, 6.07) is 20.0. The molecule has 178 valence electrons. The molecule has 35 heavy (non-hydrogen) atoms. The zero-order chi connectivity index (χ0) is 23.8. The summed E-state index contributed by atoms with van der Waals surface area (Å²) in [7, 11) is 0. The van der Waals surface area contributed by atoms with E-state index in [0.717, 1.165) is 55.3 Å². The fourth-order valence-corrected chi connectivity index (χ4v) is 4.85. The number of amides is 1. The predicted molar refractivity (Wildman–Crippen MR) is 130 cm³/mol. The Morgan fingerprint density at radius 1 is 1.00 bits per heavy atom. The number of fused-ring (bicyclic) bond motifs is 2. The number of halogens is 1. The lowest BCUT2D eigenvalue weighted by Gasteiger charge is -2.26. The van der Waals surface area contributed by atoms with Gasteiger partial charge in [0.1, 0.15) is 30.0 Å². The van der Waals surface area contributed by atoms with E-state index in [1.165, 1.54) is 12.1 Å². The van der Waals surface area contributed by atoms with Gasteiger partial charge >= 0.3 is 0 Å². The number of hydrogen-bond acceptors (Lipinski definition) is 5. The Labute approximate surface area is 202 Å². The second kappa shape index (κ2) is 9.17. The summed E-state index contributed by atoms with van der Waals surface area (Å²) in [5.41, 5.74) is 4.13. The lowest BCUT2D eigenvalue weighted by molar-refractivity contribution is -0.110. The number of morpholine rings is 1. The molecule has 3 heterocycles. The monoisotopic (exact) mass is 472 g/mol. The second-order valence-corrected chi connectivity index (χ2v) is 8.81. The summed E-state index contributed by atoms with van der Waals surface area (Å²) in [6.45, 7) is 4.74. The van der Waals surface area contributed by atoms with Crippen LogP contribution >= 0.6 is 0 Å². The first-order chi connectivity index (χ1) is 17.2. The zero-order valence-electron chi connectivity index (χ0n) is 19.1. The molecule has 0 saturated carbocycles. The normalized spacial score (nSPS) is 21.3. The third kappa shape index (κ3) is 4.17. The summed E-state index contributed by atoms with van der Waals surface area (Å²) in [5.74, 6) is 0.497. The van der Waals surface area contributed by atoms with Crippen molar-refractivity contribution in [2.24, 2.45) is 0 Å². The lowest BCUT2D eigenvalue weighted by atomic mass is 9.96. The highest BCUT2D eigenvalue weighted by Gasteiger charge is 2.37. The molecule has 1 amide bonds. The van der Waals surface area contributed by atoms with Crippen LogP contribution in [0.25, 0.3) is 11.3 Å². The van der Waals surface area contributed by atoms with Gasteiger partial charge < -0.3 is 19.5 Å². The molecular formula is C28H25FN2O4. The van der Waals surface area contributed by atoms with E-state index in [-0.39, 0.29) is 5.91 Å². The number of nitrogens with zero attached hydrogens (tertiary/aromatic N) is 1. The highest BCUT2D eigenvalue weighted by atomic mass is 19.1. The van der Waals surface area contributed by atoms with Gasteiger partial charge in [0.05, 0.1) is 18.8 Å².